The van der Waals surface area contributed by atoms with Crippen LogP contribution in [0.1, 0.15) is 52.4 Å². The van der Waals surface area contributed by atoms with E-state index in [-0.39, 0.29) is 42.8 Å². The van der Waals surface area contributed by atoms with Crippen LogP contribution in [0.5, 0.6) is 0 Å². The second kappa shape index (κ2) is 14.9. The zero-order chi connectivity index (χ0) is 17.7. The molecule has 0 saturated heterocycles. The molecule has 0 saturated carbocycles. The number of carbonyl (C=O) groups excluding carboxylic acids is 2. The Morgan fingerprint density at radius 1 is 1.12 bits per heavy atom. The number of carbonyl (C=O) groups is 2. The van der Waals surface area contributed by atoms with E-state index in [1.165, 1.54) is 0 Å². The second-order valence-corrected chi connectivity index (χ2v) is 6.61. The largest absolute Gasteiger partial charge is 0.466 e. The Labute approximate surface area is 166 Å². The average Bonchev–Trinajstić information content (AvgIpc) is 2.47. The minimum atomic E-state index is -4.73. The van der Waals surface area contributed by atoms with E-state index in [1.54, 1.807) is 19.1 Å². The Bertz CT molecular complexity index is 488. The van der Waals surface area contributed by atoms with Gasteiger partial charge in [0.05, 0.1) is 19.6 Å². The van der Waals surface area contributed by atoms with Gasteiger partial charge in [-0.2, -0.15) is 8.42 Å². The third-order valence-electron chi connectivity index (χ3n) is 3.00. The molecule has 0 aliphatic carbocycles. The van der Waals surface area contributed by atoms with Gasteiger partial charge < -0.3 is 9.47 Å². The molecule has 0 aliphatic heterocycles. The van der Waals surface area contributed by atoms with Crippen molar-refractivity contribution < 1.29 is 32.0 Å². The van der Waals surface area contributed by atoms with Gasteiger partial charge in [-0.15, -0.1) is 0 Å². The Kier molecular flexibility index (Phi) is 16.0. The predicted octanol–water partition coefficient (Wildman–Crippen LogP) is 1.88. The maximum absolute atomic E-state index is 11.7. The molecule has 135 valence electrons. The number of hydrogen-bond acceptors (Lipinski definition) is 6. The first-order valence-corrected chi connectivity index (χ1v) is 9.23. The van der Waals surface area contributed by atoms with Crippen molar-refractivity contribution in [3.63, 3.8) is 0 Å². The summed E-state index contributed by atoms with van der Waals surface area (Å²) in [5.41, 5.74) is 0. The fraction of sp³-hybridized carbons (Fsp3) is 0.733. The predicted molar refractivity (Wildman–Crippen MR) is 91.2 cm³/mol. The summed E-state index contributed by atoms with van der Waals surface area (Å²) in [7, 11) is -4.73. The number of esters is 2. The standard InChI is InChI=1S/C15H26O7S.Na/c1-3-5-7-9-10-21-14(16)12-13(23(18,19)20)15(17)22-11-8-6-4-2;/h4,6,13H,3,5,7-12H2,1-2H3,(H,18,19,20);. The first-order chi connectivity index (χ1) is 10.8. The fourth-order valence-electron chi connectivity index (χ4n) is 1.72. The van der Waals surface area contributed by atoms with Gasteiger partial charge in [0.15, 0.2) is 5.25 Å². The molecule has 0 spiro atoms. The van der Waals surface area contributed by atoms with Crippen molar-refractivity contribution in [3.8, 4) is 0 Å². The van der Waals surface area contributed by atoms with E-state index in [0.29, 0.717) is 12.8 Å². The Hall–Kier alpha value is -0.410. The van der Waals surface area contributed by atoms with Crippen LogP contribution in [0.25, 0.3) is 0 Å². The van der Waals surface area contributed by atoms with E-state index in [2.05, 4.69) is 0 Å². The van der Waals surface area contributed by atoms with Crippen LogP contribution < -0.4 is 0 Å². The summed E-state index contributed by atoms with van der Waals surface area (Å²) in [5.74, 6) is -2.01. The van der Waals surface area contributed by atoms with Crippen molar-refractivity contribution in [2.45, 2.75) is 57.6 Å². The zero-order valence-electron chi connectivity index (χ0n) is 14.7. The number of hydrogen-bond donors (Lipinski definition) is 1. The number of allylic oxidation sites excluding steroid dienone is 1. The van der Waals surface area contributed by atoms with Crippen LogP contribution in [0.4, 0.5) is 0 Å². The van der Waals surface area contributed by atoms with Gasteiger partial charge in [-0.1, -0.05) is 38.3 Å². The van der Waals surface area contributed by atoms with E-state index >= 15 is 0 Å². The number of unbranched alkanes of at least 4 members (excludes halogenated alkanes) is 3. The van der Waals surface area contributed by atoms with Crippen molar-refractivity contribution in [1.29, 1.82) is 0 Å². The summed E-state index contributed by atoms with van der Waals surface area (Å²) in [5, 5.41) is -1.95. The van der Waals surface area contributed by atoms with Crippen molar-refractivity contribution >= 4 is 51.6 Å². The third kappa shape index (κ3) is 12.9. The van der Waals surface area contributed by atoms with Crippen molar-refractivity contribution in [2.24, 2.45) is 0 Å². The fourth-order valence-corrected chi connectivity index (χ4v) is 2.38. The Balaban J connectivity index is 0. The van der Waals surface area contributed by atoms with Gasteiger partial charge in [0.2, 0.25) is 0 Å². The van der Waals surface area contributed by atoms with Gasteiger partial charge in [-0.3, -0.25) is 14.1 Å². The SMILES string of the molecule is CC=CCCOC(=O)C(CC(=O)OCCCCCC)S(=O)(=O)O.[Na]. The van der Waals surface area contributed by atoms with E-state index in [4.69, 9.17) is 14.0 Å². The van der Waals surface area contributed by atoms with Gasteiger partial charge in [0.25, 0.3) is 10.1 Å². The summed E-state index contributed by atoms with van der Waals surface area (Å²) in [6.07, 6.45) is 6.78. The van der Waals surface area contributed by atoms with Crippen LogP contribution in [-0.4, -0.2) is 72.9 Å². The molecule has 1 radical (unpaired) electrons. The molecule has 0 fully saturated rings. The molecule has 0 bridgehead atoms. The van der Waals surface area contributed by atoms with Crippen LogP contribution in [-0.2, 0) is 29.2 Å². The molecule has 0 rings (SSSR count). The average molecular weight is 373 g/mol. The third-order valence-corrected chi connectivity index (χ3v) is 4.08. The minimum Gasteiger partial charge on any atom is -0.466 e. The Morgan fingerprint density at radius 3 is 2.33 bits per heavy atom. The normalized spacial score (nSPS) is 12.5. The summed E-state index contributed by atoms with van der Waals surface area (Å²) < 4.78 is 41.2. The van der Waals surface area contributed by atoms with Crippen LogP contribution in [0.2, 0.25) is 0 Å². The van der Waals surface area contributed by atoms with Gasteiger partial charge in [-0.05, 0) is 19.8 Å². The molecular weight excluding hydrogens is 347 g/mol. The number of ether oxygens (including phenoxy) is 2. The molecule has 0 aromatic heterocycles. The molecule has 0 amide bonds. The molecule has 1 atom stereocenters. The molecule has 0 aromatic rings. The van der Waals surface area contributed by atoms with Crippen LogP contribution in [0.15, 0.2) is 12.2 Å². The first kappa shape index (κ1) is 25.8. The van der Waals surface area contributed by atoms with E-state index in [1.807, 2.05) is 6.92 Å². The maximum Gasteiger partial charge on any atom is 0.327 e. The first-order valence-electron chi connectivity index (χ1n) is 7.72. The monoisotopic (exact) mass is 373 g/mol. The van der Waals surface area contributed by atoms with Crippen molar-refractivity contribution in [3.05, 3.63) is 12.2 Å². The second-order valence-electron chi connectivity index (χ2n) is 5.01. The molecule has 9 heteroatoms. The maximum atomic E-state index is 11.7. The molecule has 7 nitrogen and oxygen atoms in total. The molecule has 24 heavy (non-hydrogen) atoms. The van der Waals surface area contributed by atoms with Crippen molar-refractivity contribution in [1.82, 2.24) is 0 Å². The van der Waals surface area contributed by atoms with Gasteiger partial charge >= 0.3 is 11.9 Å². The zero-order valence-corrected chi connectivity index (χ0v) is 17.5. The summed E-state index contributed by atoms with van der Waals surface area (Å²) in [6.45, 7) is 3.97. The summed E-state index contributed by atoms with van der Waals surface area (Å²) in [6, 6.07) is 0. The molecule has 0 aliphatic rings. The van der Waals surface area contributed by atoms with Gasteiger partial charge in [0, 0.05) is 29.6 Å². The minimum absolute atomic E-state index is 0. The van der Waals surface area contributed by atoms with E-state index < -0.39 is 33.7 Å². The molecular formula is C15H26NaO7S. The Morgan fingerprint density at radius 2 is 1.79 bits per heavy atom. The van der Waals surface area contributed by atoms with Crippen LogP contribution >= 0.6 is 0 Å². The van der Waals surface area contributed by atoms with Crippen LogP contribution in [0, 0.1) is 0 Å². The van der Waals surface area contributed by atoms with E-state index in [0.717, 1.165) is 19.3 Å². The van der Waals surface area contributed by atoms with Crippen molar-refractivity contribution in [2.75, 3.05) is 13.2 Å². The van der Waals surface area contributed by atoms with E-state index in [9.17, 15) is 18.0 Å². The van der Waals surface area contributed by atoms with Gasteiger partial charge in [0.1, 0.15) is 0 Å². The van der Waals surface area contributed by atoms with Gasteiger partial charge in [-0.25, -0.2) is 0 Å². The van der Waals surface area contributed by atoms with Crippen LogP contribution in [0.3, 0.4) is 0 Å². The quantitative estimate of drug-likeness (QED) is 0.183. The smallest absolute Gasteiger partial charge is 0.327 e. The summed E-state index contributed by atoms with van der Waals surface area (Å²) in [4.78, 5) is 23.3. The molecule has 0 aromatic carbocycles. The topological polar surface area (TPSA) is 107 Å². The molecule has 1 unspecified atom stereocenters. The summed E-state index contributed by atoms with van der Waals surface area (Å²) >= 11 is 0. The molecule has 0 heterocycles. The molecule has 1 N–H and O–H groups in total. The number of rotatable bonds is 12.